The van der Waals surface area contributed by atoms with Gasteiger partial charge in [-0.15, -0.1) is 0 Å². The molecule has 0 radical (unpaired) electrons. The topological polar surface area (TPSA) is 42.1 Å². The van der Waals surface area contributed by atoms with E-state index >= 15 is 0 Å². The number of hydrogen-bond donors (Lipinski definition) is 1. The normalized spacial score (nSPS) is 10.9. The lowest BCUT2D eigenvalue weighted by Gasteiger charge is -2.07. The van der Waals surface area contributed by atoms with Crippen LogP contribution in [0.5, 0.6) is 0 Å². The Hall–Kier alpha value is -2.69. The molecule has 28 heavy (non-hydrogen) atoms. The first-order valence-electron chi connectivity index (χ1n) is 8.87. The monoisotopic (exact) mass is 407 g/mol. The fourth-order valence-electron chi connectivity index (χ4n) is 2.95. The molecule has 0 amide bonds. The molecule has 0 aliphatic rings. The van der Waals surface area contributed by atoms with Crippen LogP contribution in [0.4, 0.5) is 0 Å². The minimum atomic E-state index is -0.367. The second-order valence-electron chi connectivity index (χ2n) is 6.50. The molecule has 1 heterocycles. The van der Waals surface area contributed by atoms with Gasteiger partial charge in [-0.2, -0.15) is 0 Å². The molecule has 0 atom stereocenters. The zero-order valence-corrected chi connectivity index (χ0v) is 16.8. The van der Waals surface area contributed by atoms with Gasteiger partial charge in [0.2, 0.25) is 0 Å². The molecule has 0 spiro atoms. The highest BCUT2D eigenvalue weighted by Gasteiger charge is 2.20. The summed E-state index contributed by atoms with van der Waals surface area (Å²) in [4.78, 5) is 18.0. The molecule has 0 aliphatic carbocycles. The maximum atomic E-state index is 12.8. The first-order chi connectivity index (χ1) is 13.6. The Bertz CT molecular complexity index is 1120. The molecule has 1 aromatic heterocycles. The number of halogens is 1. The van der Waals surface area contributed by atoms with Crippen LogP contribution >= 0.6 is 23.4 Å². The van der Waals surface area contributed by atoms with Gasteiger partial charge in [-0.05, 0) is 48.9 Å². The van der Waals surface area contributed by atoms with Crippen LogP contribution < -0.4 is 0 Å². The molecule has 0 aliphatic heterocycles. The first-order valence-corrected chi connectivity index (χ1v) is 10.1. The predicted molar refractivity (Wildman–Crippen MR) is 114 cm³/mol. The van der Waals surface area contributed by atoms with Crippen LogP contribution in [0.1, 0.15) is 21.6 Å². The molecular weight excluding hydrogens is 390 g/mol. The number of carbonyl (C=O) groups is 1. The minimum Gasteiger partial charge on any atom is -0.456 e. The lowest BCUT2D eigenvalue weighted by Crippen LogP contribution is -2.06. The van der Waals surface area contributed by atoms with Crippen molar-refractivity contribution in [3.63, 3.8) is 0 Å². The number of fused-ring (bicyclic) bond motifs is 1. The summed E-state index contributed by atoms with van der Waals surface area (Å²) in [7, 11) is 0. The van der Waals surface area contributed by atoms with Crippen molar-refractivity contribution in [1.82, 2.24) is 4.98 Å². The summed E-state index contributed by atoms with van der Waals surface area (Å²) in [5, 5.41) is 1.69. The first kappa shape index (κ1) is 18.7. The molecule has 4 rings (SSSR count). The lowest BCUT2D eigenvalue weighted by molar-refractivity contribution is 0.0463. The predicted octanol–water partition coefficient (Wildman–Crippen LogP) is 6.64. The van der Waals surface area contributed by atoms with Crippen molar-refractivity contribution in [2.75, 3.05) is 0 Å². The van der Waals surface area contributed by atoms with E-state index in [9.17, 15) is 4.79 Å². The van der Waals surface area contributed by atoms with Gasteiger partial charge >= 0.3 is 5.97 Å². The number of H-pyrrole nitrogens is 1. The summed E-state index contributed by atoms with van der Waals surface area (Å²) in [6.07, 6.45) is 0. The van der Waals surface area contributed by atoms with Gasteiger partial charge < -0.3 is 9.72 Å². The number of aromatic amines is 1. The highest BCUT2D eigenvalue weighted by Crippen LogP contribution is 2.38. The van der Waals surface area contributed by atoms with E-state index in [1.165, 1.54) is 11.8 Å². The Kier molecular flexibility index (Phi) is 5.42. The zero-order valence-electron chi connectivity index (χ0n) is 15.2. The molecule has 3 nitrogen and oxygen atoms in total. The fourth-order valence-corrected chi connectivity index (χ4v) is 4.10. The molecule has 0 saturated heterocycles. The van der Waals surface area contributed by atoms with E-state index in [0.29, 0.717) is 10.7 Å². The molecule has 0 unspecified atom stereocenters. The second kappa shape index (κ2) is 8.13. The molecule has 0 saturated carbocycles. The van der Waals surface area contributed by atoms with Crippen LogP contribution in [0.3, 0.4) is 0 Å². The Morgan fingerprint density at radius 1 is 1.04 bits per heavy atom. The molecule has 3 aromatic carbocycles. The fraction of sp³-hybridized carbons (Fsp3) is 0.0870. The number of esters is 1. The van der Waals surface area contributed by atoms with Gasteiger partial charge in [0.15, 0.2) is 0 Å². The minimum absolute atomic E-state index is 0.235. The largest absolute Gasteiger partial charge is 0.456 e. The highest BCUT2D eigenvalue weighted by molar-refractivity contribution is 7.99. The Balaban J connectivity index is 1.68. The average molecular weight is 408 g/mol. The summed E-state index contributed by atoms with van der Waals surface area (Å²) >= 11 is 7.53. The highest BCUT2D eigenvalue weighted by atomic mass is 35.5. The van der Waals surface area contributed by atoms with Gasteiger partial charge in [-0.3, -0.25) is 0 Å². The van der Waals surface area contributed by atoms with E-state index in [-0.39, 0.29) is 12.6 Å². The van der Waals surface area contributed by atoms with Crippen molar-refractivity contribution in [3.8, 4) is 0 Å². The third-order valence-electron chi connectivity index (χ3n) is 4.36. The van der Waals surface area contributed by atoms with Crippen LogP contribution in [-0.4, -0.2) is 11.0 Å². The SMILES string of the molecule is Cc1ccc2[nH]c(C(=O)OCc3ccccc3)c(Sc3ccc(Cl)cc3)c2c1. The van der Waals surface area contributed by atoms with Gasteiger partial charge in [0.25, 0.3) is 0 Å². The number of benzene rings is 3. The van der Waals surface area contributed by atoms with Crippen molar-refractivity contribution in [2.24, 2.45) is 0 Å². The number of aromatic nitrogens is 1. The Morgan fingerprint density at radius 2 is 1.79 bits per heavy atom. The number of aryl methyl sites for hydroxylation is 1. The average Bonchev–Trinajstić information content (AvgIpc) is 3.06. The van der Waals surface area contributed by atoms with Crippen LogP contribution in [0.25, 0.3) is 10.9 Å². The molecule has 4 aromatic rings. The lowest BCUT2D eigenvalue weighted by atomic mass is 10.2. The second-order valence-corrected chi connectivity index (χ2v) is 8.02. The molecule has 140 valence electrons. The summed E-state index contributed by atoms with van der Waals surface area (Å²) in [5.74, 6) is -0.367. The van der Waals surface area contributed by atoms with Crippen LogP contribution in [0.2, 0.25) is 5.02 Å². The van der Waals surface area contributed by atoms with E-state index in [4.69, 9.17) is 16.3 Å². The van der Waals surface area contributed by atoms with Crippen molar-refractivity contribution in [1.29, 1.82) is 0 Å². The molecular formula is C23H18ClNO2S. The van der Waals surface area contributed by atoms with Crippen molar-refractivity contribution >= 4 is 40.2 Å². The maximum absolute atomic E-state index is 12.8. The number of carbonyl (C=O) groups excluding carboxylic acids is 1. The van der Waals surface area contributed by atoms with Gasteiger partial charge in [0.05, 0.1) is 4.90 Å². The number of ether oxygens (including phenoxy) is 1. The standard InChI is InChI=1S/C23H18ClNO2S/c1-15-7-12-20-19(13-15)22(28-18-10-8-17(24)9-11-18)21(25-20)23(26)27-14-16-5-3-2-4-6-16/h2-13,25H,14H2,1H3. The Morgan fingerprint density at radius 3 is 2.54 bits per heavy atom. The van der Waals surface area contributed by atoms with E-state index in [1.807, 2.05) is 73.7 Å². The summed E-state index contributed by atoms with van der Waals surface area (Å²) < 4.78 is 5.57. The zero-order chi connectivity index (χ0) is 19.5. The Labute approximate surface area is 172 Å². The van der Waals surface area contributed by atoms with Crippen LogP contribution in [0.15, 0.2) is 82.6 Å². The number of nitrogens with one attached hydrogen (secondary N) is 1. The van der Waals surface area contributed by atoms with Crippen LogP contribution in [-0.2, 0) is 11.3 Å². The van der Waals surface area contributed by atoms with E-state index < -0.39 is 0 Å². The third kappa shape index (κ3) is 4.08. The van der Waals surface area contributed by atoms with Crippen LogP contribution in [0, 0.1) is 6.92 Å². The van der Waals surface area contributed by atoms with E-state index in [2.05, 4.69) is 11.1 Å². The molecule has 5 heteroatoms. The smallest absolute Gasteiger partial charge is 0.356 e. The quantitative estimate of drug-likeness (QED) is 0.377. The number of hydrogen-bond acceptors (Lipinski definition) is 3. The van der Waals surface area contributed by atoms with Gasteiger partial charge in [0.1, 0.15) is 12.3 Å². The third-order valence-corrected chi connectivity index (χ3v) is 5.74. The molecule has 0 fully saturated rings. The molecule has 1 N–H and O–H groups in total. The van der Waals surface area contributed by atoms with Crippen molar-refractivity contribution in [2.45, 2.75) is 23.3 Å². The van der Waals surface area contributed by atoms with Gasteiger partial charge in [0, 0.05) is 20.8 Å². The van der Waals surface area contributed by atoms with Gasteiger partial charge in [-0.25, -0.2) is 4.79 Å². The van der Waals surface area contributed by atoms with E-state index in [0.717, 1.165) is 31.8 Å². The summed E-state index contributed by atoms with van der Waals surface area (Å²) in [6, 6.07) is 23.3. The van der Waals surface area contributed by atoms with Gasteiger partial charge in [-0.1, -0.05) is 65.3 Å². The maximum Gasteiger partial charge on any atom is 0.356 e. The van der Waals surface area contributed by atoms with Crippen molar-refractivity contribution < 1.29 is 9.53 Å². The van der Waals surface area contributed by atoms with Crippen molar-refractivity contribution in [3.05, 3.63) is 94.6 Å². The summed E-state index contributed by atoms with van der Waals surface area (Å²) in [5.41, 5.74) is 3.47. The molecule has 0 bridgehead atoms. The van der Waals surface area contributed by atoms with E-state index in [1.54, 1.807) is 0 Å². The number of rotatable bonds is 5. The summed E-state index contributed by atoms with van der Waals surface area (Å²) in [6.45, 7) is 2.27.